The van der Waals surface area contributed by atoms with Gasteiger partial charge in [0.25, 0.3) is 0 Å². The molecule has 7 heteroatoms. The highest BCUT2D eigenvalue weighted by molar-refractivity contribution is 6.30. The van der Waals surface area contributed by atoms with E-state index in [4.69, 9.17) is 16.3 Å². The molecule has 6 nitrogen and oxygen atoms in total. The van der Waals surface area contributed by atoms with Gasteiger partial charge in [0.2, 0.25) is 0 Å². The molecule has 0 aliphatic carbocycles. The van der Waals surface area contributed by atoms with E-state index in [0.717, 1.165) is 5.69 Å². The van der Waals surface area contributed by atoms with Gasteiger partial charge < -0.3 is 9.47 Å². The van der Waals surface area contributed by atoms with Gasteiger partial charge in [0.1, 0.15) is 11.3 Å². The number of para-hydroxylation sites is 1. The maximum absolute atomic E-state index is 12.5. The van der Waals surface area contributed by atoms with E-state index in [2.05, 4.69) is 9.84 Å². The van der Waals surface area contributed by atoms with E-state index in [1.165, 1.54) is 7.11 Å². The summed E-state index contributed by atoms with van der Waals surface area (Å²) in [6, 6.07) is 16.3. The molecule has 0 aliphatic rings. The summed E-state index contributed by atoms with van der Waals surface area (Å²) >= 11 is 5.93. The lowest BCUT2D eigenvalue weighted by atomic mass is 10.1. The number of ether oxygens (including phenoxy) is 2. The number of carbonyl (C=O) groups excluding carboxylic acids is 2. The molecule has 0 radical (unpaired) electrons. The predicted molar refractivity (Wildman–Crippen MR) is 96.3 cm³/mol. The van der Waals surface area contributed by atoms with Gasteiger partial charge in [0.15, 0.2) is 6.61 Å². The molecule has 132 valence electrons. The van der Waals surface area contributed by atoms with Crippen LogP contribution in [0, 0.1) is 0 Å². The van der Waals surface area contributed by atoms with Crippen LogP contribution in [0.3, 0.4) is 0 Å². The Morgan fingerprint density at radius 3 is 2.42 bits per heavy atom. The largest absolute Gasteiger partial charge is 0.466 e. The molecule has 3 aromatic rings. The average molecular weight is 371 g/mol. The molecule has 0 saturated carbocycles. The highest BCUT2D eigenvalue weighted by atomic mass is 35.5. The smallest absolute Gasteiger partial charge is 0.344 e. The number of hydrogen-bond acceptors (Lipinski definition) is 5. The minimum absolute atomic E-state index is 0.236. The Balaban J connectivity index is 2.00. The van der Waals surface area contributed by atoms with Gasteiger partial charge in [0.05, 0.1) is 12.8 Å². The van der Waals surface area contributed by atoms with Gasteiger partial charge in [-0.1, -0.05) is 41.9 Å². The van der Waals surface area contributed by atoms with Crippen LogP contribution in [-0.4, -0.2) is 35.4 Å². The Morgan fingerprint density at radius 1 is 1.08 bits per heavy atom. The Hall–Kier alpha value is -3.12. The van der Waals surface area contributed by atoms with Crippen LogP contribution < -0.4 is 0 Å². The summed E-state index contributed by atoms with van der Waals surface area (Å²) in [5, 5.41) is 5.08. The molecule has 0 spiro atoms. The van der Waals surface area contributed by atoms with E-state index < -0.39 is 18.5 Å². The van der Waals surface area contributed by atoms with Crippen molar-refractivity contribution in [1.29, 1.82) is 0 Å². The van der Waals surface area contributed by atoms with Crippen LogP contribution in [0.25, 0.3) is 16.9 Å². The van der Waals surface area contributed by atoms with Crippen LogP contribution in [0.4, 0.5) is 0 Å². The fourth-order valence-electron chi connectivity index (χ4n) is 2.32. The molecule has 0 N–H and O–H groups in total. The Labute approximate surface area is 154 Å². The third-order valence-corrected chi connectivity index (χ3v) is 3.87. The molecule has 26 heavy (non-hydrogen) atoms. The zero-order chi connectivity index (χ0) is 18.5. The fourth-order valence-corrected chi connectivity index (χ4v) is 2.44. The third kappa shape index (κ3) is 3.92. The summed E-state index contributed by atoms with van der Waals surface area (Å²) in [7, 11) is 1.22. The summed E-state index contributed by atoms with van der Waals surface area (Å²) < 4.78 is 11.1. The van der Waals surface area contributed by atoms with Crippen LogP contribution in [0.2, 0.25) is 5.02 Å². The highest BCUT2D eigenvalue weighted by Crippen LogP contribution is 2.26. The predicted octanol–water partition coefficient (Wildman–Crippen LogP) is 3.52. The van der Waals surface area contributed by atoms with Crippen molar-refractivity contribution in [2.45, 2.75) is 0 Å². The normalized spacial score (nSPS) is 10.4. The summed E-state index contributed by atoms with van der Waals surface area (Å²) in [6.07, 6.45) is 1.57. The number of benzene rings is 2. The molecule has 2 aromatic carbocycles. The van der Waals surface area contributed by atoms with Crippen LogP contribution >= 0.6 is 11.6 Å². The third-order valence-electron chi connectivity index (χ3n) is 3.62. The lowest BCUT2D eigenvalue weighted by molar-refractivity contribution is -0.144. The van der Waals surface area contributed by atoms with Crippen LogP contribution in [0.5, 0.6) is 0 Å². The van der Waals surface area contributed by atoms with Crippen molar-refractivity contribution in [1.82, 2.24) is 9.78 Å². The van der Waals surface area contributed by atoms with Gasteiger partial charge in [-0.25, -0.2) is 14.3 Å². The molecular weight excluding hydrogens is 356 g/mol. The van der Waals surface area contributed by atoms with Crippen molar-refractivity contribution in [3.05, 3.63) is 71.4 Å². The van der Waals surface area contributed by atoms with Crippen molar-refractivity contribution in [3.63, 3.8) is 0 Å². The first-order valence-electron chi connectivity index (χ1n) is 7.73. The number of methoxy groups -OCH3 is 1. The van der Waals surface area contributed by atoms with Gasteiger partial charge in [-0.05, 0) is 24.3 Å². The molecule has 0 aliphatic heterocycles. The molecule has 1 heterocycles. The summed E-state index contributed by atoms with van der Waals surface area (Å²) in [6.45, 7) is -0.466. The number of esters is 2. The standard InChI is InChI=1S/C19H15ClN2O4/c1-25-17(23)12-26-19(24)16-11-22(15-5-3-2-4-6-15)21-18(16)13-7-9-14(20)10-8-13/h2-11H,12H2,1H3. The number of halogens is 1. The minimum atomic E-state index is -0.664. The van der Waals surface area contributed by atoms with Crippen molar-refractivity contribution in [3.8, 4) is 16.9 Å². The zero-order valence-electron chi connectivity index (χ0n) is 13.9. The average Bonchev–Trinajstić information content (AvgIpc) is 3.12. The second-order valence-electron chi connectivity index (χ2n) is 5.33. The molecular formula is C19H15ClN2O4. The number of carbonyl (C=O) groups is 2. The quantitative estimate of drug-likeness (QED) is 0.642. The van der Waals surface area contributed by atoms with Gasteiger partial charge in [-0.3, -0.25) is 0 Å². The van der Waals surface area contributed by atoms with Crippen molar-refractivity contribution in [2.24, 2.45) is 0 Å². The van der Waals surface area contributed by atoms with Gasteiger partial charge in [-0.2, -0.15) is 5.10 Å². The molecule has 0 amide bonds. The van der Waals surface area contributed by atoms with E-state index in [9.17, 15) is 9.59 Å². The monoisotopic (exact) mass is 370 g/mol. The first kappa shape index (κ1) is 17.7. The SMILES string of the molecule is COC(=O)COC(=O)c1cn(-c2ccccc2)nc1-c1ccc(Cl)cc1. The second kappa shape index (κ2) is 7.84. The van der Waals surface area contributed by atoms with Gasteiger partial charge >= 0.3 is 11.9 Å². The van der Waals surface area contributed by atoms with Crippen molar-refractivity contribution < 1.29 is 19.1 Å². The summed E-state index contributed by atoms with van der Waals surface area (Å²) in [4.78, 5) is 23.7. The molecule has 3 rings (SSSR count). The van der Waals surface area contributed by atoms with E-state index >= 15 is 0 Å². The van der Waals surface area contributed by atoms with Gasteiger partial charge in [0, 0.05) is 16.8 Å². The Morgan fingerprint density at radius 2 is 1.77 bits per heavy atom. The van der Waals surface area contributed by atoms with E-state index in [1.54, 1.807) is 35.1 Å². The van der Waals surface area contributed by atoms with Crippen LogP contribution in [0.15, 0.2) is 60.8 Å². The van der Waals surface area contributed by atoms with Crippen LogP contribution in [-0.2, 0) is 14.3 Å². The number of nitrogens with zero attached hydrogens (tertiary/aromatic N) is 2. The van der Waals surface area contributed by atoms with Crippen molar-refractivity contribution >= 4 is 23.5 Å². The molecule has 0 bridgehead atoms. The summed E-state index contributed by atoms with van der Waals surface area (Å²) in [5.74, 6) is -1.30. The Bertz CT molecular complexity index is 920. The minimum Gasteiger partial charge on any atom is -0.466 e. The highest BCUT2D eigenvalue weighted by Gasteiger charge is 2.21. The maximum Gasteiger partial charge on any atom is 0.344 e. The lowest BCUT2D eigenvalue weighted by Crippen LogP contribution is -2.15. The molecule has 0 saturated heterocycles. The molecule has 0 atom stereocenters. The van der Waals surface area contributed by atoms with Gasteiger partial charge in [-0.15, -0.1) is 0 Å². The lowest BCUT2D eigenvalue weighted by Gasteiger charge is -2.04. The van der Waals surface area contributed by atoms with Crippen molar-refractivity contribution in [2.75, 3.05) is 13.7 Å². The molecule has 0 unspecified atom stereocenters. The molecule has 1 aromatic heterocycles. The zero-order valence-corrected chi connectivity index (χ0v) is 14.6. The first-order valence-corrected chi connectivity index (χ1v) is 8.11. The number of rotatable bonds is 5. The van der Waals surface area contributed by atoms with E-state index in [1.807, 2.05) is 30.3 Å². The Kier molecular flexibility index (Phi) is 5.34. The number of hydrogen-bond donors (Lipinski definition) is 0. The van der Waals surface area contributed by atoms with Crippen LogP contribution in [0.1, 0.15) is 10.4 Å². The summed E-state index contributed by atoms with van der Waals surface area (Å²) in [5.41, 5.74) is 2.16. The topological polar surface area (TPSA) is 70.4 Å². The second-order valence-corrected chi connectivity index (χ2v) is 5.77. The first-order chi connectivity index (χ1) is 12.6. The van der Waals surface area contributed by atoms with E-state index in [-0.39, 0.29) is 5.56 Å². The number of aromatic nitrogens is 2. The maximum atomic E-state index is 12.5. The molecule has 0 fully saturated rings. The van der Waals surface area contributed by atoms with E-state index in [0.29, 0.717) is 16.3 Å². The fraction of sp³-hybridized carbons (Fsp3) is 0.105.